The standard InChI is InChI=1S/C16H20N2O3/c19-10-2-4-13-12-17-8-7-15(13)16(21)18(9-3-11-20)14-5-1-6-14/h7-8,12,14,19-20H,1,3,5-6,9-11H2. The van der Waals surface area contributed by atoms with Crippen LogP contribution in [0.4, 0.5) is 0 Å². The van der Waals surface area contributed by atoms with E-state index in [0.29, 0.717) is 24.1 Å². The van der Waals surface area contributed by atoms with E-state index >= 15 is 0 Å². The summed E-state index contributed by atoms with van der Waals surface area (Å²) in [5.74, 6) is 5.25. The van der Waals surface area contributed by atoms with E-state index in [1.165, 1.54) is 0 Å². The SMILES string of the molecule is O=C(c1ccncc1C#CCO)N(CCCO)C1CCC1. The highest BCUT2D eigenvalue weighted by Crippen LogP contribution is 2.26. The zero-order chi connectivity index (χ0) is 15.1. The molecule has 112 valence electrons. The lowest BCUT2D eigenvalue weighted by Gasteiger charge is -2.37. The Balaban J connectivity index is 2.23. The smallest absolute Gasteiger partial charge is 0.255 e. The van der Waals surface area contributed by atoms with Gasteiger partial charge in [-0.25, -0.2) is 0 Å². The van der Waals surface area contributed by atoms with Gasteiger partial charge < -0.3 is 15.1 Å². The Kier molecular flexibility index (Phi) is 5.73. The molecule has 1 aromatic rings. The minimum absolute atomic E-state index is 0.0715. The van der Waals surface area contributed by atoms with Crippen LogP contribution in [0, 0.1) is 11.8 Å². The van der Waals surface area contributed by atoms with Gasteiger partial charge in [0.2, 0.25) is 0 Å². The molecule has 2 N–H and O–H groups in total. The van der Waals surface area contributed by atoms with Gasteiger partial charge in [0, 0.05) is 31.6 Å². The largest absolute Gasteiger partial charge is 0.396 e. The van der Waals surface area contributed by atoms with Gasteiger partial charge in [-0.3, -0.25) is 9.78 Å². The molecule has 0 radical (unpaired) electrons. The summed E-state index contributed by atoms with van der Waals surface area (Å²) in [5, 5.41) is 17.8. The van der Waals surface area contributed by atoms with Crippen molar-refractivity contribution in [2.24, 2.45) is 0 Å². The zero-order valence-corrected chi connectivity index (χ0v) is 12.0. The Morgan fingerprint density at radius 2 is 2.24 bits per heavy atom. The van der Waals surface area contributed by atoms with Gasteiger partial charge in [-0.2, -0.15) is 0 Å². The Bertz CT molecular complexity index is 544. The zero-order valence-electron chi connectivity index (χ0n) is 12.0. The molecule has 2 rings (SSSR count). The van der Waals surface area contributed by atoms with Gasteiger partial charge >= 0.3 is 0 Å². The summed E-state index contributed by atoms with van der Waals surface area (Å²) in [6.07, 6.45) is 6.86. The van der Waals surface area contributed by atoms with Crippen LogP contribution in [-0.2, 0) is 0 Å². The van der Waals surface area contributed by atoms with Crippen LogP contribution in [0.15, 0.2) is 18.5 Å². The summed E-state index contributed by atoms with van der Waals surface area (Å²) in [7, 11) is 0. The number of rotatable bonds is 5. The second-order valence-corrected chi connectivity index (χ2v) is 5.04. The van der Waals surface area contributed by atoms with Crippen LogP contribution in [0.25, 0.3) is 0 Å². The van der Waals surface area contributed by atoms with Crippen molar-refractivity contribution in [1.82, 2.24) is 9.88 Å². The number of hydrogen-bond acceptors (Lipinski definition) is 4. The number of amides is 1. The number of aliphatic hydroxyl groups excluding tert-OH is 2. The van der Waals surface area contributed by atoms with Crippen molar-refractivity contribution in [3.63, 3.8) is 0 Å². The third-order valence-electron chi connectivity index (χ3n) is 3.69. The maximum Gasteiger partial charge on any atom is 0.255 e. The Morgan fingerprint density at radius 3 is 2.86 bits per heavy atom. The van der Waals surface area contributed by atoms with E-state index in [0.717, 1.165) is 19.3 Å². The molecule has 1 fully saturated rings. The van der Waals surface area contributed by atoms with E-state index in [1.54, 1.807) is 18.5 Å². The first-order valence-corrected chi connectivity index (χ1v) is 7.23. The van der Waals surface area contributed by atoms with Crippen molar-refractivity contribution >= 4 is 5.91 Å². The van der Waals surface area contributed by atoms with Crippen LogP contribution < -0.4 is 0 Å². The first-order valence-electron chi connectivity index (χ1n) is 7.23. The van der Waals surface area contributed by atoms with Crippen LogP contribution in [0.5, 0.6) is 0 Å². The number of aromatic nitrogens is 1. The molecule has 1 aromatic heterocycles. The average Bonchev–Trinajstić information content (AvgIpc) is 2.47. The maximum absolute atomic E-state index is 12.8. The number of aliphatic hydroxyl groups is 2. The molecule has 0 atom stereocenters. The summed E-state index contributed by atoms with van der Waals surface area (Å²) in [6.45, 7) is 0.374. The lowest BCUT2D eigenvalue weighted by molar-refractivity contribution is 0.0562. The molecular weight excluding hydrogens is 268 g/mol. The molecule has 0 aromatic carbocycles. The molecule has 1 aliphatic carbocycles. The second-order valence-electron chi connectivity index (χ2n) is 5.04. The Morgan fingerprint density at radius 1 is 1.43 bits per heavy atom. The minimum Gasteiger partial charge on any atom is -0.396 e. The Hall–Kier alpha value is -1.90. The summed E-state index contributed by atoms with van der Waals surface area (Å²) in [4.78, 5) is 18.6. The lowest BCUT2D eigenvalue weighted by atomic mass is 9.90. The fourth-order valence-corrected chi connectivity index (χ4v) is 2.36. The van der Waals surface area contributed by atoms with Crippen molar-refractivity contribution in [2.75, 3.05) is 19.8 Å². The molecular formula is C16H20N2O3. The predicted molar refractivity (Wildman–Crippen MR) is 78.6 cm³/mol. The van der Waals surface area contributed by atoms with Gasteiger partial charge in [0.05, 0.1) is 11.1 Å². The van der Waals surface area contributed by atoms with Crippen molar-refractivity contribution in [3.05, 3.63) is 29.6 Å². The normalized spacial score (nSPS) is 14.0. The molecule has 1 aliphatic rings. The van der Waals surface area contributed by atoms with Gasteiger partial charge in [0.15, 0.2) is 0 Å². The molecule has 1 amide bonds. The lowest BCUT2D eigenvalue weighted by Crippen LogP contribution is -2.45. The van der Waals surface area contributed by atoms with Gasteiger partial charge in [0.1, 0.15) is 6.61 Å². The molecule has 21 heavy (non-hydrogen) atoms. The monoisotopic (exact) mass is 288 g/mol. The molecule has 0 aliphatic heterocycles. The van der Waals surface area contributed by atoms with E-state index in [4.69, 9.17) is 10.2 Å². The highest BCUT2D eigenvalue weighted by Gasteiger charge is 2.29. The van der Waals surface area contributed by atoms with Gasteiger partial charge in [-0.05, 0) is 31.7 Å². The fourth-order valence-electron chi connectivity index (χ4n) is 2.36. The van der Waals surface area contributed by atoms with E-state index in [-0.39, 0.29) is 25.2 Å². The number of nitrogens with zero attached hydrogens (tertiary/aromatic N) is 2. The summed E-state index contributed by atoms with van der Waals surface area (Å²) in [5.41, 5.74) is 1.04. The maximum atomic E-state index is 12.8. The molecule has 0 spiro atoms. The number of carbonyl (C=O) groups is 1. The fraction of sp³-hybridized carbons (Fsp3) is 0.500. The number of hydrogen-bond donors (Lipinski definition) is 2. The molecule has 1 saturated carbocycles. The van der Waals surface area contributed by atoms with Crippen molar-refractivity contribution in [3.8, 4) is 11.8 Å². The van der Waals surface area contributed by atoms with Gasteiger partial charge in [-0.15, -0.1) is 0 Å². The highest BCUT2D eigenvalue weighted by atomic mass is 16.3. The summed E-state index contributed by atoms with van der Waals surface area (Å²) >= 11 is 0. The van der Waals surface area contributed by atoms with E-state index in [9.17, 15) is 4.79 Å². The van der Waals surface area contributed by atoms with Crippen LogP contribution in [0.3, 0.4) is 0 Å². The van der Waals surface area contributed by atoms with Crippen LogP contribution in [-0.4, -0.2) is 51.8 Å². The molecule has 0 unspecified atom stereocenters. The molecule has 1 heterocycles. The van der Waals surface area contributed by atoms with Gasteiger partial charge in [0.25, 0.3) is 5.91 Å². The van der Waals surface area contributed by atoms with Crippen LogP contribution >= 0.6 is 0 Å². The Labute approximate surface area is 124 Å². The summed E-state index contributed by atoms with van der Waals surface area (Å²) < 4.78 is 0. The van der Waals surface area contributed by atoms with Crippen molar-refractivity contribution < 1.29 is 15.0 Å². The van der Waals surface area contributed by atoms with Gasteiger partial charge in [-0.1, -0.05) is 11.8 Å². The highest BCUT2D eigenvalue weighted by molar-refractivity contribution is 5.96. The van der Waals surface area contributed by atoms with E-state index in [2.05, 4.69) is 16.8 Å². The predicted octanol–water partition coefficient (Wildman–Crippen LogP) is 0.802. The first-order chi connectivity index (χ1) is 10.3. The van der Waals surface area contributed by atoms with E-state index < -0.39 is 0 Å². The van der Waals surface area contributed by atoms with Crippen molar-refractivity contribution in [1.29, 1.82) is 0 Å². The quantitative estimate of drug-likeness (QED) is 0.786. The van der Waals surface area contributed by atoms with E-state index in [1.807, 2.05) is 4.90 Å². The topological polar surface area (TPSA) is 73.7 Å². The molecule has 5 nitrogen and oxygen atoms in total. The second kappa shape index (κ2) is 7.77. The van der Waals surface area contributed by atoms with Crippen molar-refractivity contribution in [2.45, 2.75) is 31.7 Å². The number of carbonyl (C=O) groups excluding carboxylic acids is 1. The van der Waals surface area contributed by atoms with Crippen LogP contribution in [0.2, 0.25) is 0 Å². The minimum atomic E-state index is -0.251. The first kappa shape index (κ1) is 15.5. The third kappa shape index (κ3) is 3.81. The molecule has 0 saturated heterocycles. The molecule has 0 bridgehead atoms. The van der Waals surface area contributed by atoms with Crippen LogP contribution in [0.1, 0.15) is 41.6 Å². The average molecular weight is 288 g/mol. The summed E-state index contributed by atoms with van der Waals surface area (Å²) in [6, 6.07) is 1.92. The number of pyridine rings is 1. The molecule has 5 heteroatoms. The third-order valence-corrected chi connectivity index (χ3v) is 3.69.